The van der Waals surface area contributed by atoms with Crippen molar-refractivity contribution >= 4 is 17.0 Å². The van der Waals surface area contributed by atoms with Crippen LogP contribution in [-0.4, -0.2) is 0 Å². The Morgan fingerprint density at radius 1 is 1.00 bits per heavy atom. The van der Waals surface area contributed by atoms with E-state index in [0.717, 1.165) is 4.13 Å². The van der Waals surface area contributed by atoms with E-state index in [9.17, 15) is 0 Å². The molecule has 0 aliphatic heterocycles. The first-order valence-corrected chi connectivity index (χ1v) is 12.9. The minimum absolute atomic E-state index is 0.159. The monoisotopic (exact) mass is 309 g/mol. The van der Waals surface area contributed by atoms with Gasteiger partial charge >= 0.3 is 103 Å². The third kappa shape index (κ3) is 2.06. The Morgan fingerprint density at radius 3 is 1.64 bits per heavy atom. The zero-order valence-corrected chi connectivity index (χ0v) is 13.4. The van der Waals surface area contributed by atoms with Gasteiger partial charge in [-0.05, 0) is 0 Å². The summed E-state index contributed by atoms with van der Waals surface area (Å²) in [5.41, 5.74) is 5.96. The third-order valence-corrected chi connectivity index (χ3v) is 7.81. The summed E-state index contributed by atoms with van der Waals surface area (Å²) in [4.78, 5) is 0. The average Bonchev–Trinajstić information content (AvgIpc) is 2.21. The van der Waals surface area contributed by atoms with Crippen molar-refractivity contribution in [2.24, 2.45) is 5.41 Å². The van der Waals surface area contributed by atoms with Crippen LogP contribution in [0.25, 0.3) is 0 Å². The summed E-state index contributed by atoms with van der Waals surface area (Å²) in [6.45, 7) is 11.1. The molecule has 1 rings (SSSR count). The molecule has 0 saturated carbocycles. The van der Waals surface area contributed by atoms with Gasteiger partial charge in [0.05, 0.1) is 0 Å². The zero-order chi connectivity index (χ0) is 11.1. The van der Waals surface area contributed by atoms with Gasteiger partial charge in [-0.15, -0.1) is 0 Å². The molecule has 79 valence electrons. The number of hydrogen-bond acceptors (Lipinski definition) is 0. The van der Waals surface area contributed by atoms with E-state index in [1.807, 2.05) is 0 Å². The van der Waals surface area contributed by atoms with E-state index in [2.05, 4.69) is 34.6 Å². The first-order chi connectivity index (χ1) is 6.30. The molecule has 1 aliphatic rings. The standard InChI is InChI=1S/C11H17.2ClH.Zr/c1-7-8(2)10(4)11(5,6)9(7)3;;;/h5H2,1-4,6H3;2*1H;/q;;;+2/p-2. The molecule has 0 aromatic heterocycles. The molecular weight excluding hydrogens is 294 g/mol. The van der Waals surface area contributed by atoms with Gasteiger partial charge in [0.25, 0.3) is 0 Å². The zero-order valence-electron chi connectivity index (χ0n) is 9.46. The van der Waals surface area contributed by atoms with Crippen LogP contribution >= 0.6 is 17.0 Å². The van der Waals surface area contributed by atoms with Gasteiger partial charge in [0.15, 0.2) is 0 Å². The maximum atomic E-state index is 6.09. The van der Waals surface area contributed by atoms with Gasteiger partial charge in [0.2, 0.25) is 0 Å². The number of hydrogen-bond donors (Lipinski definition) is 0. The summed E-state index contributed by atoms with van der Waals surface area (Å²) in [6, 6.07) is 0. The average molecular weight is 311 g/mol. The Balaban J connectivity index is 3.12. The number of halogens is 2. The first kappa shape index (κ1) is 13.0. The van der Waals surface area contributed by atoms with Crippen molar-refractivity contribution in [3.8, 4) is 0 Å². The second-order valence-electron chi connectivity index (χ2n) is 4.35. The van der Waals surface area contributed by atoms with Gasteiger partial charge in [-0.1, -0.05) is 0 Å². The van der Waals surface area contributed by atoms with Gasteiger partial charge < -0.3 is 0 Å². The van der Waals surface area contributed by atoms with E-state index in [0.29, 0.717) is 0 Å². The topological polar surface area (TPSA) is 0 Å². The van der Waals surface area contributed by atoms with Crippen LogP contribution in [-0.2, 0) is 19.4 Å². The fourth-order valence-corrected chi connectivity index (χ4v) is 7.98. The SMILES string of the molecule is CC1=C(C)C(C)([CH2][Zr]([Cl])[Cl])C(C)=C1C. The summed E-state index contributed by atoms with van der Waals surface area (Å²) < 4.78 is 1.00. The molecule has 0 amide bonds. The Kier molecular flexibility index (Phi) is 4.12. The fourth-order valence-electron chi connectivity index (χ4n) is 2.20. The maximum absolute atomic E-state index is 6.09. The molecule has 14 heavy (non-hydrogen) atoms. The Bertz CT molecular complexity index is 289. The first-order valence-electron chi connectivity index (χ1n) is 4.84. The number of rotatable bonds is 2. The van der Waals surface area contributed by atoms with Gasteiger partial charge in [-0.25, -0.2) is 0 Å². The molecule has 0 aromatic carbocycles. The van der Waals surface area contributed by atoms with Crippen LogP contribution < -0.4 is 0 Å². The van der Waals surface area contributed by atoms with Crippen molar-refractivity contribution in [1.29, 1.82) is 0 Å². The van der Waals surface area contributed by atoms with Crippen LogP contribution in [0.5, 0.6) is 0 Å². The predicted octanol–water partition coefficient (Wildman–Crippen LogP) is 5.02. The summed E-state index contributed by atoms with van der Waals surface area (Å²) in [7, 11) is 12.2. The molecule has 1 aliphatic carbocycles. The summed E-state index contributed by atoms with van der Waals surface area (Å²) in [5, 5.41) is 0. The molecule has 0 saturated heterocycles. The second kappa shape index (κ2) is 4.44. The molecule has 0 heterocycles. The molecule has 0 fully saturated rings. The van der Waals surface area contributed by atoms with Crippen LogP contribution in [0.2, 0.25) is 4.13 Å². The molecule has 0 nitrogen and oxygen atoms in total. The molecule has 0 spiro atoms. The summed E-state index contributed by atoms with van der Waals surface area (Å²) >= 11 is -2.07. The molecular formula is C11H17Cl2Zr. The van der Waals surface area contributed by atoms with Gasteiger partial charge in [0.1, 0.15) is 0 Å². The van der Waals surface area contributed by atoms with Crippen molar-refractivity contribution in [2.45, 2.75) is 38.7 Å². The van der Waals surface area contributed by atoms with Crippen molar-refractivity contribution < 1.29 is 19.4 Å². The Labute approximate surface area is 102 Å². The van der Waals surface area contributed by atoms with E-state index in [4.69, 9.17) is 17.0 Å². The second-order valence-corrected chi connectivity index (χ2v) is 13.4. The molecule has 0 unspecified atom stereocenters. The van der Waals surface area contributed by atoms with Crippen molar-refractivity contribution in [2.75, 3.05) is 0 Å². The van der Waals surface area contributed by atoms with Crippen molar-refractivity contribution in [1.82, 2.24) is 0 Å². The molecule has 0 aromatic rings. The fraction of sp³-hybridized carbons (Fsp3) is 0.636. The normalized spacial score (nSPS) is 20.8. The Hall–Kier alpha value is 0.943. The van der Waals surface area contributed by atoms with Crippen molar-refractivity contribution in [3.63, 3.8) is 0 Å². The molecule has 0 N–H and O–H groups in total. The van der Waals surface area contributed by atoms with Crippen LogP contribution in [0.1, 0.15) is 34.6 Å². The quantitative estimate of drug-likeness (QED) is 0.671. The van der Waals surface area contributed by atoms with E-state index in [1.165, 1.54) is 22.3 Å². The third-order valence-electron chi connectivity index (χ3n) is 3.83. The molecule has 3 heteroatoms. The van der Waals surface area contributed by atoms with Gasteiger partial charge in [-0.3, -0.25) is 0 Å². The van der Waals surface area contributed by atoms with Crippen LogP contribution in [0.15, 0.2) is 22.3 Å². The van der Waals surface area contributed by atoms with Crippen LogP contribution in [0.3, 0.4) is 0 Å². The van der Waals surface area contributed by atoms with E-state index < -0.39 is 19.4 Å². The Morgan fingerprint density at radius 2 is 1.36 bits per heavy atom. The van der Waals surface area contributed by atoms with Crippen molar-refractivity contribution in [3.05, 3.63) is 22.3 Å². The van der Waals surface area contributed by atoms with E-state index in [1.54, 1.807) is 0 Å². The van der Waals surface area contributed by atoms with Crippen LogP contribution in [0.4, 0.5) is 0 Å². The van der Waals surface area contributed by atoms with E-state index >= 15 is 0 Å². The van der Waals surface area contributed by atoms with Gasteiger partial charge in [-0.2, -0.15) is 0 Å². The summed E-state index contributed by atoms with van der Waals surface area (Å²) in [5.74, 6) is 0. The van der Waals surface area contributed by atoms with Crippen LogP contribution in [0, 0.1) is 5.41 Å². The van der Waals surface area contributed by atoms with E-state index in [-0.39, 0.29) is 5.41 Å². The molecule has 0 radical (unpaired) electrons. The number of allylic oxidation sites excluding steroid dienone is 4. The van der Waals surface area contributed by atoms with Gasteiger partial charge in [0, 0.05) is 0 Å². The molecule has 0 atom stereocenters. The predicted molar refractivity (Wildman–Crippen MR) is 61.4 cm³/mol. The molecule has 0 bridgehead atoms. The summed E-state index contributed by atoms with van der Waals surface area (Å²) in [6.07, 6.45) is 0. The minimum atomic E-state index is -2.07.